The number of hydrogen-bond acceptors (Lipinski definition) is 3. The normalized spacial score (nSPS) is 20.6. The highest BCUT2D eigenvalue weighted by atomic mass is 19.1. The maximum Gasteiger partial charge on any atom is 0.140 e. The summed E-state index contributed by atoms with van der Waals surface area (Å²) in [6, 6.07) is 12.6. The minimum absolute atomic E-state index is 0.191. The number of nitrogens with one attached hydrogen (secondary N) is 1. The van der Waals surface area contributed by atoms with E-state index in [9.17, 15) is 4.39 Å². The molecule has 1 heterocycles. The van der Waals surface area contributed by atoms with Crippen molar-refractivity contribution in [3.05, 3.63) is 59.7 Å². The zero-order valence-corrected chi connectivity index (χ0v) is 10.2. The van der Waals surface area contributed by atoms with Crippen molar-refractivity contribution >= 4 is 5.69 Å². The number of pyridine rings is 1. The first-order valence-electron chi connectivity index (χ1n) is 6.14. The first-order valence-corrected chi connectivity index (χ1v) is 6.14. The summed E-state index contributed by atoms with van der Waals surface area (Å²) < 4.78 is 13.1. The fourth-order valence-electron chi connectivity index (χ4n) is 2.22. The lowest BCUT2D eigenvalue weighted by Gasteiger charge is -2.05. The highest BCUT2D eigenvalue weighted by Gasteiger charge is 2.38. The van der Waals surface area contributed by atoms with E-state index in [4.69, 9.17) is 5.26 Å². The predicted octanol–water partition coefficient (Wildman–Crippen LogP) is 3.06. The molecule has 1 aliphatic rings. The van der Waals surface area contributed by atoms with Crippen molar-refractivity contribution in [3.8, 4) is 6.07 Å². The highest BCUT2D eigenvalue weighted by molar-refractivity contribution is 5.47. The van der Waals surface area contributed by atoms with Crippen LogP contribution in [0.3, 0.4) is 0 Å². The van der Waals surface area contributed by atoms with E-state index >= 15 is 0 Å². The van der Waals surface area contributed by atoms with Gasteiger partial charge in [0.25, 0.3) is 0 Å². The van der Waals surface area contributed by atoms with Crippen LogP contribution in [0.5, 0.6) is 0 Å². The molecule has 1 aliphatic carbocycles. The maximum absolute atomic E-state index is 13.1. The summed E-state index contributed by atoms with van der Waals surface area (Å²) in [6.07, 6.45) is 2.64. The van der Waals surface area contributed by atoms with E-state index in [1.165, 1.54) is 6.07 Å². The lowest BCUT2D eigenvalue weighted by molar-refractivity contribution is 0.625. The van der Waals surface area contributed by atoms with Crippen molar-refractivity contribution in [2.24, 2.45) is 0 Å². The van der Waals surface area contributed by atoms with Crippen LogP contribution in [-0.2, 0) is 0 Å². The monoisotopic (exact) mass is 253 g/mol. The number of anilines is 1. The molecule has 3 nitrogen and oxygen atoms in total. The molecule has 2 atom stereocenters. The second kappa shape index (κ2) is 4.69. The standard InChI is InChI=1S/C15H12FN3/c16-11-3-1-2-10(6-11)14-7-15(14)19-13-5-4-12(8-17)18-9-13/h1-6,9,14-15,19H,7H2/t14-,15+/m0/s1. The van der Waals surface area contributed by atoms with Gasteiger partial charge in [-0.1, -0.05) is 12.1 Å². The van der Waals surface area contributed by atoms with Crippen LogP contribution >= 0.6 is 0 Å². The van der Waals surface area contributed by atoms with Crippen LogP contribution in [0.25, 0.3) is 0 Å². The summed E-state index contributed by atoms with van der Waals surface area (Å²) in [6.45, 7) is 0. The molecule has 2 aromatic rings. The van der Waals surface area contributed by atoms with E-state index in [-0.39, 0.29) is 5.82 Å². The SMILES string of the molecule is N#Cc1ccc(N[C@@H]2C[C@H]2c2cccc(F)c2)cn1. The molecule has 0 amide bonds. The van der Waals surface area contributed by atoms with Crippen molar-refractivity contribution < 1.29 is 4.39 Å². The molecule has 0 spiro atoms. The quantitative estimate of drug-likeness (QED) is 0.914. The third-order valence-corrected chi connectivity index (χ3v) is 3.30. The first kappa shape index (κ1) is 11.7. The van der Waals surface area contributed by atoms with Gasteiger partial charge in [-0.2, -0.15) is 5.26 Å². The van der Waals surface area contributed by atoms with E-state index in [2.05, 4.69) is 10.3 Å². The summed E-state index contributed by atoms with van der Waals surface area (Å²) in [5.74, 6) is 0.162. The van der Waals surface area contributed by atoms with Crippen molar-refractivity contribution in [1.82, 2.24) is 4.98 Å². The van der Waals surface area contributed by atoms with Gasteiger partial charge < -0.3 is 5.32 Å². The van der Waals surface area contributed by atoms with Crippen LogP contribution in [0.2, 0.25) is 0 Å². The summed E-state index contributed by atoms with van der Waals surface area (Å²) in [5, 5.41) is 12.0. The Bertz CT molecular complexity index is 631. The Labute approximate surface area is 110 Å². The molecule has 1 aromatic heterocycles. The van der Waals surface area contributed by atoms with Gasteiger partial charge in [0.15, 0.2) is 0 Å². The summed E-state index contributed by atoms with van der Waals surface area (Å²) in [4.78, 5) is 4.01. The molecule has 0 radical (unpaired) electrons. The molecule has 4 heteroatoms. The number of rotatable bonds is 3. The number of hydrogen-bond donors (Lipinski definition) is 1. The number of benzene rings is 1. The Morgan fingerprint density at radius 1 is 1.32 bits per heavy atom. The number of halogens is 1. The van der Waals surface area contributed by atoms with Crippen LogP contribution in [0.15, 0.2) is 42.6 Å². The fraction of sp³-hybridized carbons (Fsp3) is 0.200. The van der Waals surface area contributed by atoms with Crippen molar-refractivity contribution in [2.75, 3.05) is 5.32 Å². The van der Waals surface area contributed by atoms with E-state index in [0.717, 1.165) is 17.7 Å². The molecule has 0 aliphatic heterocycles. The molecule has 1 fully saturated rings. The number of nitrogens with zero attached hydrogens (tertiary/aromatic N) is 2. The first-order chi connectivity index (χ1) is 9.26. The third-order valence-electron chi connectivity index (χ3n) is 3.30. The molecule has 1 N–H and O–H groups in total. The van der Waals surface area contributed by atoms with Gasteiger partial charge in [-0.3, -0.25) is 0 Å². The maximum atomic E-state index is 13.1. The van der Waals surface area contributed by atoms with Gasteiger partial charge in [-0.15, -0.1) is 0 Å². The number of nitriles is 1. The Hall–Kier alpha value is -2.41. The highest BCUT2D eigenvalue weighted by Crippen LogP contribution is 2.42. The second-order valence-corrected chi connectivity index (χ2v) is 4.69. The largest absolute Gasteiger partial charge is 0.380 e. The van der Waals surface area contributed by atoms with Crippen molar-refractivity contribution in [2.45, 2.75) is 18.4 Å². The molecule has 0 saturated heterocycles. The van der Waals surface area contributed by atoms with Gasteiger partial charge in [0, 0.05) is 12.0 Å². The zero-order chi connectivity index (χ0) is 13.2. The van der Waals surface area contributed by atoms with E-state index in [0.29, 0.717) is 17.7 Å². The topological polar surface area (TPSA) is 48.7 Å². The van der Waals surface area contributed by atoms with Gasteiger partial charge >= 0.3 is 0 Å². The van der Waals surface area contributed by atoms with Crippen molar-refractivity contribution in [1.29, 1.82) is 5.26 Å². The lowest BCUT2D eigenvalue weighted by Crippen LogP contribution is -2.04. The van der Waals surface area contributed by atoms with Crippen LogP contribution in [-0.4, -0.2) is 11.0 Å². The summed E-state index contributed by atoms with van der Waals surface area (Å²) in [7, 11) is 0. The molecule has 0 unspecified atom stereocenters. The van der Waals surface area contributed by atoms with E-state index < -0.39 is 0 Å². The van der Waals surface area contributed by atoms with Crippen LogP contribution in [0.4, 0.5) is 10.1 Å². The van der Waals surface area contributed by atoms with Gasteiger partial charge in [0.05, 0.1) is 11.9 Å². The Kier molecular flexibility index (Phi) is 2.88. The van der Waals surface area contributed by atoms with Crippen LogP contribution < -0.4 is 5.32 Å². The van der Waals surface area contributed by atoms with Crippen molar-refractivity contribution in [3.63, 3.8) is 0 Å². The fourth-order valence-corrected chi connectivity index (χ4v) is 2.22. The van der Waals surface area contributed by atoms with Crippen LogP contribution in [0, 0.1) is 17.1 Å². The van der Waals surface area contributed by atoms with Gasteiger partial charge in [-0.05, 0) is 36.2 Å². The third kappa shape index (κ3) is 2.55. The Morgan fingerprint density at radius 2 is 2.21 bits per heavy atom. The number of aromatic nitrogens is 1. The smallest absolute Gasteiger partial charge is 0.140 e. The molecular formula is C15H12FN3. The van der Waals surface area contributed by atoms with E-state index in [1.54, 1.807) is 24.4 Å². The summed E-state index contributed by atoms with van der Waals surface area (Å²) >= 11 is 0. The molecule has 1 saturated carbocycles. The molecule has 3 rings (SSSR count). The predicted molar refractivity (Wildman–Crippen MR) is 70.1 cm³/mol. The second-order valence-electron chi connectivity index (χ2n) is 4.69. The minimum atomic E-state index is -0.191. The van der Waals surface area contributed by atoms with Crippen LogP contribution in [0.1, 0.15) is 23.6 Å². The molecule has 1 aromatic carbocycles. The zero-order valence-electron chi connectivity index (χ0n) is 10.2. The lowest BCUT2D eigenvalue weighted by atomic mass is 10.1. The average molecular weight is 253 g/mol. The van der Waals surface area contributed by atoms with Gasteiger partial charge in [-0.25, -0.2) is 9.37 Å². The van der Waals surface area contributed by atoms with E-state index in [1.807, 2.05) is 18.2 Å². The van der Waals surface area contributed by atoms with Gasteiger partial charge in [0.2, 0.25) is 0 Å². The molecule has 0 bridgehead atoms. The Balaban J connectivity index is 1.65. The molecular weight excluding hydrogens is 241 g/mol. The minimum Gasteiger partial charge on any atom is -0.380 e. The van der Waals surface area contributed by atoms with Gasteiger partial charge in [0.1, 0.15) is 17.6 Å². The summed E-state index contributed by atoms with van der Waals surface area (Å²) in [5.41, 5.74) is 2.32. The average Bonchev–Trinajstić information content (AvgIpc) is 3.19. The Morgan fingerprint density at radius 3 is 2.89 bits per heavy atom. The molecule has 19 heavy (non-hydrogen) atoms. The molecule has 94 valence electrons.